The number of aromatic nitrogens is 2. The molecule has 1 fully saturated rings. The number of hydrogen-bond donors (Lipinski definition) is 1. The number of benzene rings is 1. The fourth-order valence-electron chi connectivity index (χ4n) is 2.93. The summed E-state index contributed by atoms with van der Waals surface area (Å²) >= 11 is 1.40. The summed E-state index contributed by atoms with van der Waals surface area (Å²) in [6, 6.07) is 6.67. The molecule has 1 amide bonds. The Balaban J connectivity index is 1.57. The van der Waals surface area contributed by atoms with Crippen LogP contribution in [0, 0.1) is 5.82 Å². The predicted octanol–water partition coefficient (Wildman–Crippen LogP) is 4.26. The fraction of sp³-hybridized carbons (Fsp3) is 0.412. The summed E-state index contributed by atoms with van der Waals surface area (Å²) in [4.78, 5) is 16.4. The van der Waals surface area contributed by atoms with Gasteiger partial charge in [0.05, 0.1) is 11.4 Å². The largest absolute Gasteiger partial charge is 0.323 e. The molecule has 0 saturated heterocycles. The number of rotatable bonds is 5. The lowest BCUT2D eigenvalue weighted by atomic mass is 9.95. The maximum Gasteiger partial charge on any atom is 0.234 e. The number of hydrogen-bond acceptors (Lipinski definition) is 3. The van der Waals surface area contributed by atoms with E-state index < -0.39 is 5.82 Å². The lowest BCUT2D eigenvalue weighted by molar-refractivity contribution is -0.113. The maximum atomic E-state index is 13.5. The van der Waals surface area contributed by atoms with Gasteiger partial charge in [-0.2, -0.15) is 0 Å². The molecule has 122 valence electrons. The number of anilines is 1. The van der Waals surface area contributed by atoms with Gasteiger partial charge >= 0.3 is 0 Å². The van der Waals surface area contributed by atoms with Crippen molar-refractivity contribution in [2.75, 3.05) is 11.1 Å². The van der Waals surface area contributed by atoms with E-state index in [4.69, 9.17) is 0 Å². The number of amides is 1. The Bertz CT molecular complexity index is 667. The molecule has 0 atom stereocenters. The number of carbonyl (C=O) groups excluding carboxylic acids is 1. The molecule has 0 spiro atoms. The Morgan fingerprint density at radius 2 is 2.09 bits per heavy atom. The molecule has 6 heteroatoms. The molecule has 3 rings (SSSR count). The standard InChI is InChI=1S/C17H20FN3OS/c18-14-8-4-5-9-15(14)20-16(22)12-23-17-19-10-11-21(17)13-6-2-1-3-7-13/h4-5,8-11,13H,1-3,6-7,12H2,(H,20,22). The van der Waals surface area contributed by atoms with Crippen LogP contribution in [0.25, 0.3) is 0 Å². The Hall–Kier alpha value is -1.82. The summed E-state index contributed by atoms with van der Waals surface area (Å²) < 4.78 is 15.7. The van der Waals surface area contributed by atoms with Gasteiger partial charge in [-0.05, 0) is 25.0 Å². The Kier molecular flexibility index (Phi) is 5.33. The molecule has 1 aromatic heterocycles. The van der Waals surface area contributed by atoms with Crippen molar-refractivity contribution in [3.8, 4) is 0 Å². The van der Waals surface area contributed by atoms with Crippen LogP contribution in [0.4, 0.5) is 10.1 Å². The number of nitrogens with one attached hydrogen (secondary N) is 1. The number of para-hydroxylation sites is 1. The van der Waals surface area contributed by atoms with Crippen molar-refractivity contribution in [3.63, 3.8) is 0 Å². The average Bonchev–Trinajstić information content (AvgIpc) is 3.04. The highest BCUT2D eigenvalue weighted by atomic mass is 32.2. The van der Waals surface area contributed by atoms with Crippen LogP contribution in [0.3, 0.4) is 0 Å². The van der Waals surface area contributed by atoms with Crippen LogP contribution < -0.4 is 5.32 Å². The highest BCUT2D eigenvalue weighted by molar-refractivity contribution is 7.99. The van der Waals surface area contributed by atoms with Gasteiger partial charge in [-0.1, -0.05) is 43.2 Å². The zero-order valence-electron chi connectivity index (χ0n) is 12.9. The smallest absolute Gasteiger partial charge is 0.234 e. The van der Waals surface area contributed by atoms with Crippen molar-refractivity contribution in [3.05, 3.63) is 42.5 Å². The Labute approximate surface area is 139 Å². The summed E-state index contributed by atoms with van der Waals surface area (Å²) in [6.45, 7) is 0. The van der Waals surface area contributed by atoms with Gasteiger partial charge in [0, 0.05) is 18.4 Å². The third-order valence-corrected chi connectivity index (χ3v) is 5.06. The molecule has 0 unspecified atom stereocenters. The number of imidazole rings is 1. The van der Waals surface area contributed by atoms with Crippen LogP contribution >= 0.6 is 11.8 Å². The van der Waals surface area contributed by atoms with Crippen LogP contribution in [-0.4, -0.2) is 21.2 Å². The Morgan fingerprint density at radius 1 is 1.30 bits per heavy atom. The molecular weight excluding hydrogens is 313 g/mol. The van der Waals surface area contributed by atoms with E-state index in [9.17, 15) is 9.18 Å². The van der Waals surface area contributed by atoms with E-state index in [0.29, 0.717) is 6.04 Å². The van der Waals surface area contributed by atoms with Gasteiger partial charge in [0.1, 0.15) is 5.82 Å². The Morgan fingerprint density at radius 3 is 2.87 bits per heavy atom. The molecule has 0 bridgehead atoms. The molecular formula is C17H20FN3OS. The van der Waals surface area contributed by atoms with E-state index >= 15 is 0 Å². The minimum Gasteiger partial charge on any atom is -0.323 e. The molecule has 1 heterocycles. The minimum atomic E-state index is -0.422. The zero-order chi connectivity index (χ0) is 16.1. The van der Waals surface area contributed by atoms with Crippen LogP contribution in [0.15, 0.2) is 41.8 Å². The number of carbonyl (C=O) groups is 1. The zero-order valence-corrected chi connectivity index (χ0v) is 13.7. The van der Waals surface area contributed by atoms with Gasteiger partial charge in [0.15, 0.2) is 5.16 Å². The van der Waals surface area contributed by atoms with Crippen molar-refractivity contribution < 1.29 is 9.18 Å². The number of halogens is 1. The second-order valence-corrected chi connectivity index (χ2v) is 6.67. The van der Waals surface area contributed by atoms with Crippen LogP contribution in [-0.2, 0) is 4.79 Å². The number of thioether (sulfide) groups is 1. The summed E-state index contributed by atoms with van der Waals surface area (Å²) in [5, 5.41) is 3.46. The number of nitrogens with zero attached hydrogens (tertiary/aromatic N) is 2. The first-order valence-electron chi connectivity index (χ1n) is 7.94. The molecule has 1 N–H and O–H groups in total. The van der Waals surface area contributed by atoms with Gasteiger partial charge in [-0.15, -0.1) is 0 Å². The van der Waals surface area contributed by atoms with Crippen LogP contribution in [0.2, 0.25) is 0 Å². The molecule has 1 aromatic carbocycles. The van der Waals surface area contributed by atoms with Crippen molar-refractivity contribution in [2.24, 2.45) is 0 Å². The van der Waals surface area contributed by atoms with Gasteiger partial charge < -0.3 is 9.88 Å². The third kappa shape index (κ3) is 4.13. The summed E-state index contributed by atoms with van der Waals surface area (Å²) in [7, 11) is 0. The normalized spacial score (nSPS) is 15.5. The molecule has 1 aliphatic carbocycles. The predicted molar refractivity (Wildman–Crippen MR) is 90.1 cm³/mol. The van der Waals surface area contributed by atoms with Gasteiger partial charge in [-0.3, -0.25) is 4.79 Å². The van der Waals surface area contributed by atoms with Crippen LogP contribution in [0.5, 0.6) is 0 Å². The molecule has 23 heavy (non-hydrogen) atoms. The van der Waals surface area contributed by atoms with Crippen molar-refractivity contribution in [2.45, 2.75) is 43.3 Å². The van der Waals surface area contributed by atoms with Crippen molar-refractivity contribution in [1.82, 2.24) is 9.55 Å². The first-order chi connectivity index (χ1) is 11.2. The fourth-order valence-corrected chi connectivity index (χ4v) is 3.75. The highest BCUT2D eigenvalue weighted by Gasteiger charge is 2.18. The molecule has 2 aromatic rings. The van der Waals surface area contributed by atoms with E-state index in [0.717, 1.165) is 5.16 Å². The van der Waals surface area contributed by atoms with E-state index in [1.165, 1.54) is 49.9 Å². The maximum absolute atomic E-state index is 13.5. The summed E-state index contributed by atoms with van der Waals surface area (Å²) in [6.07, 6.45) is 9.93. The first-order valence-corrected chi connectivity index (χ1v) is 8.92. The molecule has 4 nitrogen and oxygen atoms in total. The lowest BCUT2D eigenvalue weighted by Crippen LogP contribution is -2.17. The SMILES string of the molecule is O=C(CSc1nccn1C1CCCCC1)Nc1ccccc1F. The highest BCUT2D eigenvalue weighted by Crippen LogP contribution is 2.31. The van der Waals surface area contributed by atoms with E-state index in [2.05, 4.69) is 14.9 Å². The molecule has 1 saturated carbocycles. The van der Waals surface area contributed by atoms with Crippen molar-refractivity contribution >= 4 is 23.4 Å². The van der Waals surface area contributed by atoms with Gasteiger partial charge in [-0.25, -0.2) is 9.37 Å². The third-order valence-electron chi connectivity index (χ3n) is 4.08. The first kappa shape index (κ1) is 16.1. The van der Waals surface area contributed by atoms with E-state index in [1.807, 2.05) is 6.20 Å². The molecule has 0 aliphatic heterocycles. The monoisotopic (exact) mass is 333 g/mol. The minimum absolute atomic E-state index is 0.216. The van der Waals surface area contributed by atoms with E-state index in [1.54, 1.807) is 24.4 Å². The van der Waals surface area contributed by atoms with Crippen LogP contribution in [0.1, 0.15) is 38.1 Å². The van der Waals surface area contributed by atoms with Gasteiger partial charge in [0.25, 0.3) is 0 Å². The second kappa shape index (κ2) is 7.64. The van der Waals surface area contributed by atoms with Crippen molar-refractivity contribution in [1.29, 1.82) is 0 Å². The lowest BCUT2D eigenvalue weighted by Gasteiger charge is -2.24. The molecule has 1 aliphatic rings. The second-order valence-electron chi connectivity index (χ2n) is 5.73. The quantitative estimate of drug-likeness (QED) is 0.832. The average molecular weight is 333 g/mol. The van der Waals surface area contributed by atoms with E-state index in [-0.39, 0.29) is 17.3 Å². The summed E-state index contributed by atoms with van der Waals surface area (Å²) in [5.41, 5.74) is 0.216. The summed E-state index contributed by atoms with van der Waals surface area (Å²) in [5.74, 6) is -0.425. The molecule has 0 radical (unpaired) electrons. The topological polar surface area (TPSA) is 46.9 Å². The van der Waals surface area contributed by atoms with Gasteiger partial charge in [0.2, 0.25) is 5.91 Å².